The molecule has 1 aromatic heterocycles. The third-order valence-corrected chi connectivity index (χ3v) is 1.43. The van der Waals surface area contributed by atoms with Gasteiger partial charge in [0.1, 0.15) is 5.69 Å². The largest absolute Gasteiger partial charge is 0.395 e. The number of hydrogen-bond acceptors (Lipinski definition) is 3. The minimum Gasteiger partial charge on any atom is -0.395 e. The summed E-state index contributed by atoms with van der Waals surface area (Å²) in [4.78, 5) is 15.0. The highest BCUT2D eigenvalue weighted by molar-refractivity contribution is 4.93. The van der Waals surface area contributed by atoms with Gasteiger partial charge in [0, 0.05) is 18.9 Å². The highest BCUT2D eigenvalue weighted by Gasteiger charge is 1.96. The van der Waals surface area contributed by atoms with Gasteiger partial charge in [-0.15, -0.1) is 0 Å². The molecular formula is C7H10N2O2. The Bertz CT molecular complexity index is 293. The molecule has 0 atom stereocenters. The molecule has 0 unspecified atom stereocenters. The second-order valence-corrected chi connectivity index (χ2v) is 2.23. The minimum atomic E-state index is -0.137. The van der Waals surface area contributed by atoms with Crippen LogP contribution in [-0.4, -0.2) is 21.3 Å². The van der Waals surface area contributed by atoms with E-state index in [-0.39, 0.29) is 12.2 Å². The zero-order chi connectivity index (χ0) is 8.27. The zero-order valence-electron chi connectivity index (χ0n) is 6.32. The van der Waals surface area contributed by atoms with E-state index >= 15 is 0 Å². The summed E-state index contributed by atoms with van der Waals surface area (Å²) in [5.74, 6) is 0. The molecule has 0 radical (unpaired) electrons. The van der Waals surface area contributed by atoms with Crippen molar-refractivity contribution >= 4 is 0 Å². The average molecular weight is 154 g/mol. The maximum atomic E-state index is 11.1. The highest BCUT2D eigenvalue weighted by atomic mass is 16.3. The van der Waals surface area contributed by atoms with Gasteiger partial charge in [0.25, 0.3) is 5.56 Å². The fraction of sp³-hybridized carbons (Fsp3) is 0.429. The predicted octanol–water partition coefficient (Wildman–Crippen LogP) is -0.456. The first-order valence-electron chi connectivity index (χ1n) is 3.38. The first-order chi connectivity index (χ1) is 5.25. The van der Waals surface area contributed by atoms with Crippen molar-refractivity contribution in [1.29, 1.82) is 0 Å². The molecule has 0 saturated carbocycles. The number of aromatic nitrogens is 2. The van der Waals surface area contributed by atoms with E-state index in [0.717, 1.165) is 0 Å². The number of rotatable bonds is 2. The second kappa shape index (κ2) is 3.30. The Morgan fingerprint density at radius 2 is 2.45 bits per heavy atom. The summed E-state index contributed by atoms with van der Waals surface area (Å²) < 4.78 is 1.43. The lowest BCUT2D eigenvalue weighted by Gasteiger charge is -2.01. The number of hydrogen-bond donors (Lipinski definition) is 1. The summed E-state index contributed by atoms with van der Waals surface area (Å²) in [6.45, 7) is 1.96. The first-order valence-corrected chi connectivity index (χ1v) is 3.38. The molecule has 0 aliphatic rings. The van der Waals surface area contributed by atoms with Crippen molar-refractivity contribution in [2.24, 2.45) is 0 Å². The van der Waals surface area contributed by atoms with Crippen LogP contribution in [0.3, 0.4) is 0 Å². The highest BCUT2D eigenvalue weighted by Crippen LogP contribution is 1.82. The monoisotopic (exact) mass is 154 g/mol. The van der Waals surface area contributed by atoms with Gasteiger partial charge >= 0.3 is 0 Å². The summed E-state index contributed by atoms with van der Waals surface area (Å²) in [6.07, 6.45) is 3.11. The van der Waals surface area contributed by atoms with E-state index in [2.05, 4.69) is 4.98 Å². The van der Waals surface area contributed by atoms with E-state index < -0.39 is 0 Å². The lowest BCUT2D eigenvalue weighted by Crippen LogP contribution is -2.23. The van der Waals surface area contributed by atoms with Crippen molar-refractivity contribution in [3.8, 4) is 0 Å². The fourth-order valence-electron chi connectivity index (χ4n) is 0.840. The molecule has 0 saturated heterocycles. The molecule has 0 spiro atoms. The molecular weight excluding hydrogens is 144 g/mol. The Hall–Kier alpha value is -1.16. The molecule has 1 aromatic rings. The van der Waals surface area contributed by atoms with Crippen LogP contribution < -0.4 is 5.56 Å². The molecule has 60 valence electrons. The van der Waals surface area contributed by atoms with Gasteiger partial charge in [-0.3, -0.25) is 9.78 Å². The molecule has 4 heteroatoms. The van der Waals surface area contributed by atoms with Crippen molar-refractivity contribution in [1.82, 2.24) is 9.55 Å². The van der Waals surface area contributed by atoms with Gasteiger partial charge in [0.2, 0.25) is 0 Å². The molecule has 0 aliphatic heterocycles. The number of aryl methyl sites for hydroxylation is 1. The lowest BCUT2D eigenvalue weighted by atomic mass is 10.5. The van der Waals surface area contributed by atoms with Crippen LogP contribution in [0.25, 0.3) is 0 Å². The van der Waals surface area contributed by atoms with E-state index in [1.807, 2.05) is 0 Å². The van der Waals surface area contributed by atoms with Crippen LogP contribution in [0.5, 0.6) is 0 Å². The van der Waals surface area contributed by atoms with Gasteiger partial charge in [-0.1, -0.05) is 0 Å². The van der Waals surface area contributed by atoms with Gasteiger partial charge < -0.3 is 9.67 Å². The number of nitrogens with zero attached hydrogens (tertiary/aromatic N) is 2. The molecule has 1 N–H and O–H groups in total. The summed E-state index contributed by atoms with van der Waals surface area (Å²) in [6, 6.07) is 0. The van der Waals surface area contributed by atoms with Crippen LogP contribution in [0.15, 0.2) is 17.2 Å². The molecule has 1 rings (SSSR count). The molecule has 11 heavy (non-hydrogen) atoms. The Balaban J connectivity index is 3.07. The molecule has 0 aromatic carbocycles. The second-order valence-electron chi connectivity index (χ2n) is 2.23. The maximum Gasteiger partial charge on any atom is 0.272 e. The fourth-order valence-corrected chi connectivity index (χ4v) is 0.840. The van der Waals surface area contributed by atoms with Crippen molar-refractivity contribution in [3.05, 3.63) is 28.4 Å². The van der Waals surface area contributed by atoms with Crippen LogP contribution in [-0.2, 0) is 6.54 Å². The van der Waals surface area contributed by atoms with Crippen molar-refractivity contribution in [2.45, 2.75) is 13.5 Å². The molecule has 0 bridgehead atoms. The van der Waals surface area contributed by atoms with Gasteiger partial charge in [-0.2, -0.15) is 0 Å². The topological polar surface area (TPSA) is 55.1 Å². The van der Waals surface area contributed by atoms with Crippen LogP contribution >= 0.6 is 0 Å². The lowest BCUT2D eigenvalue weighted by molar-refractivity contribution is 0.274. The van der Waals surface area contributed by atoms with E-state index in [9.17, 15) is 4.79 Å². The Morgan fingerprint density at radius 3 is 3.09 bits per heavy atom. The predicted molar refractivity (Wildman–Crippen MR) is 40.3 cm³/mol. The van der Waals surface area contributed by atoms with E-state index in [1.165, 1.54) is 4.57 Å². The summed E-state index contributed by atoms with van der Waals surface area (Å²) in [5, 5.41) is 8.55. The third kappa shape index (κ3) is 1.65. The summed E-state index contributed by atoms with van der Waals surface area (Å²) >= 11 is 0. The number of aliphatic hydroxyl groups excluding tert-OH is 1. The van der Waals surface area contributed by atoms with E-state index in [1.54, 1.807) is 19.3 Å². The molecule has 0 aliphatic carbocycles. The first kappa shape index (κ1) is 7.94. The quantitative estimate of drug-likeness (QED) is 0.627. The smallest absolute Gasteiger partial charge is 0.272 e. The number of aliphatic hydroxyl groups is 1. The van der Waals surface area contributed by atoms with Crippen molar-refractivity contribution in [3.63, 3.8) is 0 Å². The molecule has 4 nitrogen and oxygen atoms in total. The summed E-state index contributed by atoms with van der Waals surface area (Å²) in [7, 11) is 0. The van der Waals surface area contributed by atoms with Crippen LogP contribution in [0.1, 0.15) is 5.69 Å². The Morgan fingerprint density at radius 1 is 1.73 bits per heavy atom. The Kier molecular flexibility index (Phi) is 2.38. The molecule has 0 amide bonds. The van der Waals surface area contributed by atoms with Crippen LogP contribution in [0, 0.1) is 6.92 Å². The maximum absolute atomic E-state index is 11.1. The molecule has 1 heterocycles. The van der Waals surface area contributed by atoms with Gasteiger partial charge in [0.15, 0.2) is 0 Å². The van der Waals surface area contributed by atoms with E-state index in [0.29, 0.717) is 12.2 Å². The van der Waals surface area contributed by atoms with Gasteiger partial charge in [0.05, 0.1) is 6.61 Å². The van der Waals surface area contributed by atoms with E-state index in [4.69, 9.17) is 5.11 Å². The summed E-state index contributed by atoms with van der Waals surface area (Å²) in [5.41, 5.74) is 0.322. The van der Waals surface area contributed by atoms with Crippen molar-refractivity contribution in [2.75, 3.05) is 6.61 Å². The standard InChI is InChI=1S/C7H10N2O2/c1-6-7(11)9(4-5-10)3-2-8-6/h2-3,10H,4-5H2,1H3. The SMILES string of the molecule is Cc1nccn(CCO)c1=O. The van der Waals surface area contributed by atoms with Crippen LogP contribution in [0.2, 0.25) is 0 Å². The van der Waals surface area contributed by atoms with Gasteiger partial charge in [-0.05, 0) is 6.92 Å². The van der Waals surface area contributed by atoms with Gasteiger partial charge in [-0.25, -0.2) is 0 Å². The third-order valence-electron chi connectivity index (χ3n) is 1.43. The average Bonchev–Trinajstić information content (AvgIpc) is 1.99. The van der Waals surface area contributed by atoms with Crippen LogP contribution in [0.4, 0.5) is 0 Å². The van der Waals surface area contributed by atoms with Crippen molar-refractivity contribution < 1.29 is 5.11 Å². The normalized spacial score (nSPS) is 10.0. The Labute approximate surface area is 64.1 Å². The molecule has 0 fully saturated rings. The minimum absolute atomic E-state index is 0.0244. The zero-order valence-corrected chi connectivity index (χ0v) is 6.32.